The highest BCUT2D eigenvalue weighted by Gasteiger charge is 2.29. The SMILES string of the molecule is [C-]#[N+]c1ccc2c(c1)c1ccccc1n2-c1cc(C#N)cc(-c2cccc(C3c4ccccc4-c4ccccc43)c2)c1. The van der Waals surface area contributed by atoms with Gasteiger partial charge in [-0.25, -0.2) is 4.85 Å². The lowest BCUT2D eigenvalue weighted by atomic mass is 9.87. The van der Waals surface area contributed by atoms with E-state index in [0.29, 0.717) is 11.3 Å². The van der Waals surface area contributed by atoms with E-state index in [0.717, 1.165) is 38.6 Å². The Balaban J connectivity index is 1.31. The van der Waals surface area contributed by atoms with Crippen molar-refractivity contribution in [2.45, 2.75) is 5.92 Å². The van der Waals surface area contributed by atoms with Crippen LogP contribution in [0.4, 0.5) is 5.69 Å². The van der Waals surface area contributed by atoms with Crippen LogP contribution in [-0.4, -0.2) is 4.57 Å². The molecular formula is C39H23N3. The zero-order valence-electron chi connectivity index (χ0n) is 22.6. The molecule has 6 aromatic carbocycles. The molecule has 42 heavy (non-hydrogen) atoms. The first-order valence-electron chi connectivity index (χ1n) is 14.0. The summed E-state index contributed by atoms with van der Waals surface area (Å²) in [6, 6.07) is 48.7. The Morgan fingerprint density at radius 3 is 2.10 bits per heavy atom. The molecule has 1 aliphatic rings. The van der Waals surface area contributed by atoms with Crippen molar-refractivity contribution in [2.75, 3.05) is 0 Å². The average Bonchev–Trinajstić information content (AvgIpc) is 3.57. The highest BCUT2D eigenvalue weighted by Crippen LogP contribution is 2.48. The Bertz CT molecular complexity index is 2250. The van der Waals surface area contributed by atoms with Gasteiger partial charge in [0.1, 0.15) is 0 Å². The predicted octanol–water partition coefficient (Wildman–Crippen LogP) is 10.0. The van der Waals surface area contributed by atoms with E-state index in [4.69, 9.17) is 6.57 Å². The molecule has 1 aliphatic carbocycles. The van der Waals surface area contributed by atoms with E-state index in [1.165, 1.54) is 27.8 Å². The van der Waals surface area contributed by atoms with E-state index in [2.05, 4.69) is 106 Å². The van der Waals surface area contributed by atoms with Crippen LogP contribution in [0.3, 0.4) is 0 Å². The highest BCUT2D eigenvalue weighted by molar-refractivity contribution is 6.10. The first kappa shape index (κ1) is 23.9. The van der Waals surface area contributed by atoms with E-state index in [1.54, 1.807) is 0 Å². The van der Waals surface area contributed by atoms with Crippen LogP contribution >= 0.6 is 0 Å². The number of nitriles is 1. The Morgan fingerprint density at radius 1 is 0.619 bits per heavy atom. The summed E-state index contributed by atoms with van der Waals surface area (Å²) in [5.74, 6) is 0.157. The molecular weight excluding hydrogens is 510 g/mol. The van der Waals surface area contributed by atoms with Gasteiger partial charge < -0.3 is 4.57 Å². The molecule has 7 aromatic rings. The molecule has 194 valence electrons. The van der Waals surface area contributed by atoms with Gasteiger partial charge in [-0.2, -0.15) is 5.26 Å². The first-order valence-corrected chi connectivity index (χ1v) is 14.0. The van der Waals surface area contributed by atoms with Gasteiger partial charge in [0.15, 0.2) is 5.69 Å². The molecule has 1 heterocycles. The molecule has 0 amide bonds. The van der Waals surface area contributed by atoms with Crippen LogP contribution in [0.15, 0.2) is 133 Å². The lowest BCUT2D eigenvalue weighted by Crippen LogP contribution is -2.00. The van der Waals surface area contributed by atoms with Crippen molar-refractivity contribution in [2.24, 2.45) is 0 Å². The zero-order chi connectivity index (χ0) is 28.2. The lowest BCUT2D eigenvalue weighted by Gasteiger charge is -2.16. The Kier molecular flexibility index (Phi) is 5.33. The number of aromatic nitrogens is 1. The summed E-state index contributed by atoms with van der Waals surface area (Å²) < 4.78 is 2.20. The van der Waals surface area contributed by atoms with Gasteiger partial charge in [-0.3, -0.25) is 0 Å². The van der Waals surface area contributed by atoms with E-state index >= 15 is 0 Å². The molecule has 0 unspecified atom stereocenters. The molecule has 0 bridgehead atoms. The van der Waals surface area contributed by atoms with Crippen LogP contribution in [0.1, 0.15) is 28.2 Å². The third-order valence-electron chi connectivity index (χ3n) is 8.48. The van der Waals surface area contributed by atoms with Crippen LogP contribution in [0.2, 0.25) is 0 Å². The maximum Gasteiger partial charge on any atom is 0.188 e. The van der Waals surface area contributed by atoms with Crippen LogP contribution in [-0.2, 0) is 0 Å². The van der Waals surface area contributed by atoms with Crippen molar-refractivity contribution in [3.8, 4) is 34.0 Å². The fourth-order valence-electron chi connectivity index (χ4n) is 6.69. The van der Waals surface area contributed by atoms with Crippen molar-refractivity contribution in [1.29, 1.82) is 5.26 Å². The van der Waals surface area contributed by atoms with Crippen molar-refractivity contribution in [1.82, 2.24) is 4.57 Å². The normalized spacial score (nSPS) is 12.1. The van der Waals surface area contributed by atoms with Crippen LogP contribution in [0, 0.1) is 17.9 Å². The Hall–Kier alpha value is -5.90. The van der Waals surface area contributed by atoms with E-state index < -0.39 is 0 Å². The highest BCUT2D eigenvalue weighted by atomic mass is 15.0. The molecule has 0 fully saturated rings. The summed E-state index contributed by atoms with van der Waals surface area (Å²) in [6.07, 6.45) is 0. The van der Waals surface area contributed by atoms with Crippen molar-refractivity contribution in [3.05, 3.63) is 167 Å². The summed E-state index contributed by atoms with van der Waals surface area (Å²) in [6.45, 7) is 7.52. The third kappa shape index (κ3) is 3.58. The summed E-state index contributed by atoms with van der Waals surface area (Å²) >= 11 is 0. The number of hydrogen-bond donors (Lipinski definition) is 0. The molecule has 0 atom stereocenters. The van der Waals surface area contributed by atoms with Gasteiger partial charge in [0, 0.05) is 17.0 Å². The van der Waals surface area contributed by atoms with Gasteiger partial charge in [0.05, 0.1) is 29.2 Å². The second kappa shape index (κ2) is 9.34. The van der Waals surface area contributed by atoms with Gasteiger partial charge >= 0.3 is 0 Å². The molecule has 8 rings (SSSR count). The second-order valence-electron chi connectivity index (χ2n) is 10.8. The van der Waals surface area contributed by atoms with Crippen molar-refractivity contribution in [3.63, 3.8) is 0 Å². The molecule has 3 heteroatoms. The Labute approximate surface area is 244 Å². The van der Waals surface area contributed by atoms with Crippen molar-refractivity contribution >= 4 is 27.5 Å². The number of nitrogens with zero attached hydrogens (tertiary/aromatic N) is 3. The maximum absolute atomic E-state index is 10.1. The maximum atomic E-state index is 10.1. The van der Waals surface area contributed by atoms with Gasteiger partial charge in [-0.05, 0) is 80.7 Å². The van der Waals surface area contributed by atoms with E-state index in [1.807, 2.05) is 42.5 Å². The number of hydrogen-bond acceptors (Lipinski definition) is 1. The average molecular weight is 534 g/mol. The first-order chi connectivity index (χ1) is 20.7. The molecule has 1 aromatic heterocycles. The third-order valence-corrected chi connectivity index (χ3v) is 8.48. The Morgan fingerprint density at radius 2 is 1.33 bits per heavy atom. The number of rotatable bonds is 3. The summed E-state index contributed by atoms with van der Waals surface area (Å²) in [4.78, 5) is 3.66. The molecule has 3 nitrogen and oxygen atoms in total. The zero-order valence-corrected chi connectivity index (χ0v) is 22.6. The molecule has 0 spiro atoms. The summed E-state index contributed by atoms with van der Waals surface area (Å²) in [5.41, 5.74) is 12.7. The van der Waals surface area contributed by atoms with Gasteiger partial charge in [0.25, 0.3) is 0 Å². The van der Waals surface area contributed by atoms with E-state index in [-0.39, 0.29) is 5.92 Å². The fourth-order valence-corrected chi connectivity index (χ4v) is 6.69. The second-order valence-corrected chi connectivity index (χ2v) is 10.8. The quantitative estimate of drug-likeness (QED) is 0.208. The number of para-hydroxylation sites is 1. The minimum absolute atomic E-state index is 0.157. The summed E-state index contributed by atoms with van der Waals surface area (Å²) in [7, 11) is 0. The van der Waals surface area contributed by atoms with Crippen LogP contribution in [0.5, 0.6) is 0 Å². The van der Waals surface area contributed by atoms with Gasteiger partial charge in [0.2, 0.25) is 0 Å². The number of benzene rings is 6. The molecule has 0 saturated carbocycles. The molecule has 0 aliphatic heterocycles. The minimum Gasteiger partial charge on any atom is -0.309 e. The largest absolute Gasteiger partial charge is 0.309 e. The van der Waals surface area contributed by atoms with E-state index in [9.17, 15) is 5.26 Å². The van der Waals surface area contributed by atoms with Crippen LogP contribution < -0.4 is 0 Å². The topological polar surface area (TPSA) is 33.1 Å². The molecule has 0 N–H and O–H groups in total. The standard InChI is InChI=1S/C39H23N3/c1-41-29-17-18-38-36(23-29)33-13-6-7-16-37(33)42(38)30-20-25(24-40)19-28(22-30)26-9-8-10-27(21-26)39-34-14-4-2-11-31(34)32-12-3-5-15-35(32)39/h2-23,39H. The predicted molar refractivity (Wildman–Crippen MR) is 170 cm³/mol. The van der Waals surface area contributed by atoms with Gasteiger partial charge in [-0.1, -0.05) is 97.1 Å². The van der Waals surface area contributed by atoms with Crippen molar-refractivity contribution < 1.29 is 0 Å². The minimum atomic E-state index is 0.157. The lowest BCUT2D eigenvalue weighted by molar-refractivity contribution is 1.02. The smallest absolute Gasteiger partial charge is 0.188 e. The molecule has 0 radical (unpaired) electrons. The van der Waals surface area contributed by atoms with Gasteiger partial charge in [-0.15, -0.1) is 0 Å². The summed E-state index contributed by atoms with van der Waals surface area (Å²) in [5, 5.41) is 12.2. The fraction of sp³-hybridized carbons (Fsp3) is 0.0256. The van der Waals surface area contributed by atoms with Crippen LogP contribution in [0.25, 0.3) is 54.6 Å². The molecule has 0 saturated heterocycles. The monoisotopic (exact) mass is 533 g/mol. The number of fused-ring (bicyclic) bond motifs is 6.